The van der Waals surface area contributed by atoms with Crippen molar-refractivity contribution in [3.8, 4) is 11.5 Å². The van der Waals surface area contributed by atoms with Crippen molar-refractivity contribution in [1.29, 1.82) is 0 Å². The van der Waals surface area contributed by atoms with Gasteiger partial charge < -0.3 is 24.1 Å². The van der Waals surface area contributed by atoms with Crippen LogP contribution in [0.4, 0.5) is 5.69 Å². The highest BCUT2D eigenvalue weighted by molar-refractivity contribution is 5.88. The Morgan fingerprint density at radius 1 is 1.07 bits per heavy atom. The van der Waals surface area contributed by atoms with Crippen molar-refractivity contribution in [2.45, 2.75) is 108 Å². The van der Waals surface area contributed by atoms with Crippen LogP contribution in [0, 0.1) is 5.41 Å². The lowest BCUT2D eigenvalue weighted by molar-refractivity contribution is -0.0230. The number of anilines is 1. The van der Waals surface area contributed by atoms with E-state index in [0.29, 0.717) is 52.3 Å². The van der Waals surface area contributed by atoms with Crippen LogP contribution in [-0.4, -0.2) is 33.2 Å². The van der Waals surface area contributed by atoms with E-state index in [1.165, 1.54) is 0 Å². The van der Waals surface area contributed by atoms with E-state index in [1.807, 2.05) is 12.1 Å². The summed E-state index contributed by atoms with van der Waals surface area (Å²) in [6.45, 7) is 3.45. The molecule has 1 aliphatic heterocycles. The van der Waals surface area contributed by atoms with Gasteiger partial charge in [-0.25, -0.2) is 0 Å². The minimum absolute atomic E-state index is 0.00277. The van der Waals surface area contributed by atoms with E-state index < -0.39 is 17.8 Å². The van der Waals surface area contributed by atoms with Crippen molar-refractivity contribution in [3.05, 3.63) is 63.0 Å². The van der Waals surface area contributed by atoms with E-state index in [1.54, 1.807) is 32.0 Å². The first-order valence-electron chi connectivity index (χ1n) is 15.1. The molecule has 7 rings (SSSR count). The summed E-state index contributed by atoms with van der Waals surface area (Å²) in [5.41, 5.74) is 3.70. The van der Waals surface area contributed by atoms with Crippen LogP contribution in [0.1, 0.15) is 106 Å². The molecule has 218 valence electrons. The second-order valence-corrected chi connectivity index (χ2v) is 13.2. The number of aliphatic hydroxyl groups is 2. The Hall–Kier alpha value is -3.07. The predicted molar refractivity (Wildman–Crippen MR) is 154 cm³/mol. The lowest BCUT2D eigenvalue weighted by atomic mass is 9.64. The monoisotopic (exact) mass is 561 g/mol. The summed E-state index contributed by atoms with van der Waals surface area (Å²) in [4.78, 5) is 14.7. The van der Waals surface area contributed by atoms with Crippen LogP contribution in [0.3, 0.4) is 0 Å². The Kier molecular flexibility index (Phi) is 6.37. The van der Waals surface area contributed by atoms with Gasteiger partial charge in [-0.05, 0) is 76.5 Å². The largest absolute Gasteiger partial charge is 0.489 e. The van der Waals surface area contributed by atoms with Gasteiger partial charge in [-0.15, -0.1) is 0 Å². The van der Waals surface area contributed by atoms with Gasteiger partial charge in [0.2, 0.25) is 5.43 Å². The third kappa shape index (κ3) is 4.34. The average molecular weight is 562 g/mol. The molecule has 2 aromatic carbocycles. The van der Waals surface area contributed by atoms with Crippen LogP contribution in [0.5, 0.6) is 11.5 Å². The second kappa shape index (κ2) is 9.75. The molecular weight excluding hydrogens is 522 g/mol. The van der Waals surface area contributed by atoms with E-state index in [9.17, 15) is 20.2 Å². The molecule has 0 amide bonds. The number of ether oxygens (including phenoxy) is 2. The van der Waals surface area contributed by atoms with Crippen LogP contribution < -0.4 is 20.4 Å². The summed E-state index contributed by atoms with van der Waals surface area (Å²) in [6, 6.07) is 9.19. The van der Waals surface area contributed by atoms with Crippen LogP contribution in [0.25, 0.3) is 11.0 Å². The lowest BCUT2D eigenvalue weighted by Gasteiger charge is -2.42. The molecule has 8 nitrogen and oxygen atoms in total. The summed E-state index contributed by atoms with van der Waals surface area (Å²) in [5.74, 6) is 1.13. The van der Waals surface area contributed by atoms with Gasteiger partial charge in [0.25, 0.3) is 0 Å². The minimum atomic E-state index is -1.09. The SMILES string of the molecule is CC(C)(O)[C@H]1Cc2c(cc3oc4c(c(=O)c3c2OC2CCCC2)[C@@H](c2ccc(NO)cc2)CC2(CCCC2)[C@@H]4O)O1. The molecule has 41 heavy (non-hydrogen) atoms. The molecule has 0 unspecified atom stereocenters. The first kappa shape index (κ1) is 26.8. The van der Waals surface area contributed by atoms with Crippen molar-refractivity contribution in [2.75, 3.05) is 5.48 Å². The topological polar surface area (TPSA) is 121 Å². The molecule has 1 spiro atoms. The Morgan fingerprint density at radius 2 is 1.78 bits per heavy atom. The molecule has 0 radical (unpaired) electrons. The van der Waals surface area contributed by atoms with E-state index in [-0.39, 0.29) is 22.9 Å². The van der Waals surface area contributed by atoms with Gasteiger partial charge in [0.05, 0.1) is 17.4 Å². The molecule has 0 saturated heterocycles. The van der Waals surface area contributed by atoms with Crippen LogP contribution >= 0.6 is 0 Å². The van der Waals surface area contributed by atoms with Crippen LogP contribution in [0.2, 0.25) is 0 Å². The molecule has 2 saturated carbocycles. The fraction of sp³-hybridized carbons (Fsp3) is 0.545. The zero-order valence-electron chi connectivity index (χ0n) is 23.7. The summed E-state index contributed by atoms with van der Waals surface area (Å²) in [6.07, 6.45) is 7.53. The van der Waals surface area contributed by atoms with Crippen LogP contribution in [0.15, 0.2) is 39.5 Å². The standard InChI is InChI=1S/C33H39NO7/c1-32(2,37)25-15-21-23(40-25)16-24-27(29(21)39-20-7-3-4-8-20)28(35)26-22(18-9-11-19(34-38)12-10-18)17-33(13-5-6-14-33)31(36)30(26)41-24/h9-12,16,20,22,25,31,34,36-38H,3-8,13-15,17H2,1-2H3/t22-,25-,31-/m1/s1. The Bertz CT molecular complexity index is 1520. The molecule has 8 heteroatoms. The number of nitrogens with one attached hydrogen (secondary N) is 1. The van der Waals surface area contributed by atoms with Gasteiger partial charge in [0, 0.05) is 34.9 Å². The minimum Gasteiger partial charge on any atom is -0.489 e. The molecule has 4 aliphatic rings. The smallest absolute Gasteiger partial charge is 0.200 e. The Morgan fingerprint density at radius 3 is 2.44 bits per heavy atom. The van der Waals surface area contributed by atoms with E-state index in [0.717, 1.165) is 62.5 Å². The molecular formula is C33H39NO7. The lowest BCUT2D eigenvalue weighted by Crippen LogP contribution is -2.39. The highest BCUT2D eigenvalue weighted by atomic mass is 16.5. The van der Waals surface area contributed by atoms with Gasteiger partial charge in [0.15, 0.2) is 0 Å². The van der Waals surface area contributed by atoms with E-state index >= 15 is 0 Å². The molecule has 4 N–H and O–H groups in total. The van der Waals surface area contributed by atoms with E-state index in [2.05, 4.69) is 5.48 Å². The Labute approximate surface area is 239 Å². The highest BCUT2D eigenvalue weighted by Gasteiger charge is 2.51. The Balaban J connectivity index is 1.46. The summed E-state index contributed by atoms with van der Waals surface area (Å²) < 4.78 is 19.4. The maximum Gasteiger partial charge on any atom is 0.200 e. The molecule has 3 aliphatic carbocycles. The number of fused-ring (bicyclic) bond motifs is 3. The first-order chi connectivity index (χ1) is 19.7. The fourth-order valence-electron chi connectivity index (χ4n) is 7.81. The van der Waals surface area contributed by atoms with Crippen molar-refractivity contribution in [1.82, 2.24) is 0 Å². The zero-order chi connectivity index (χ0) is 28.5. The molecule has 2 heterocycles. The van der Waals surface area contributed by atoms with Gasteiger partial charge in [-0.3, -0.25) is 15.5 Å². The molecule has 3 aromatic rings. The number of hydrogen-bond acceptors (Lipinski definition) is 8. The number of aliphatic hydroxyl groups excluding tert-OH is 1. The first-order valence-corrected chi connectivity index (χ1v) is 15.1. The number of hydrogen-bond donors (Lipinski definition) is 4. The van der Waals surface area contributed by atoms with Gasteiger partial charge in [0.1, 0.15) is 40.4 Å². The quantitative estimate of drug-likeness (QED) is 0.275. The normalized spacial score (nSPS) is 25.3. The summed E-state index contributed by atoms with van der Waals surface area (Å²) >= 11 is 0. The van der Waals surface area contributed by atoms with Gasteiger partial charge in [-0.2, -0.15) is 0 Å². The fourth-order valence-corrected chi connectivity index (χ4v) is 7.81. The average Bonchev–Trinajstić information content (AvgIpc) is 3.72. The van der Waals surface area contributed by atoms with Gasteiger partial charge >= 0.3 is 0 Å². The van der Waals surface area contributed by atoms with Crippen molar-refractivity contribution in [3.63, 3.8) is 0 Å². The number of benzene rings is 2. The van der Waals surface area contributed by atoms with Gasteiger partial charge in [-0.1, -0.05) is 25.0 Å². The molecule has 0 bridgehead atoms. The van der Waals surface area contributed by atoms with E-state index in [4.69, 9.17) is 13.9 Å². The van der Waals surface area contributed by atoms with Crippen molar-refractivity contribution >= 4 is 16.7 Å². The third-order valence-electron chi connectivity index (χ3n) is 10.1. The predicted octanol–water partition coefficient (Wildman–Crippen LogP) is 6.12. The zero-order valence-corrected chi connectivity index (χ0v) is 23.7. The maximum absolute atomic E-state index is 14.7. The second-order valence-electron chi connectivity index (χ2n) is 13.2. The molecule has 2 fully saturated rings. The highest BCUT2D eigenvalue weighted by Crippen LogP contribution is 2.59. The third-order valence-corrected chi connectivity index (χ3v) is 10.1. The maximum atomic E-state index is 14.7. The van der Waals surface area contributed by atoms with Crippen LogP contribution in [-0.2, 0) is 6.42 Å². The van der Waals surface area contributed by atoms with Crippen molar-refractivity contribution in [2.24, 2.45) is 5.41 Å². The molecule has 1 aromatic heterocycles. The molecule has 3 atom stereocenters. The number of rotatable bonds is 5. The van der Waals surface area contributed by atoms with Crippen molar-refractivity contribution < 1.29 is 29.3 Å². The summed E-state index contributed by atoms with van der Waals surface area (Å²) in [7, 11) is 0. The summed E-state index contributed by atoms with van der Waals surface area (Å²) in [5, 5.41) is 32.3.